The Balaban J connectivity index is 1.68. The molecule has 2 aromatic heterocycles. The number of nitrogens with zero attached hydrogens (tertiary/aromatic N) is 5. The lowest BCUT2D eigenvalue weighted by molar-refractivity contribution is -0.172. The second-order valence-electron chi connectivity index (χ2n) is 8.56. The molecule has 0 aromatic carbocycles. The molecule has 1 aliphatic heterocycles. The molecule has 1 aliphatic rings. The van der Waals surface area contributed by atoms with E-state index >= 15 is 4.39 Å². The van der Waals surface area contributed by atoms with Crippen molar-refractivity contribution >= 4 is 37.1 Å². The van der Waals surface area contributed by atoms with Gasteiger partial charge in [0.25, 0.3) is 0 Å². The minimum Gasteiger partial charge on any atom is -0.462 e. The number of imidazole rings is 1. The number of fused-ring (bicyclic) bond motifs is 1. The quantitative estimate of drug-likeness (QED) is 0.397. The molecule has 33 heavy (non-hydrogen) atoms. The van der Waals surface area contributed by atoms with Gasteiger partial charge in [0.2, 0.25) is 11.8 Å². The number of carbonyl (C=O) groups excluding carboxylic acids is 1. The van der Waals surface area contributed by atoms with Crippen molar-refractivity contribution in [1.82, 2.24) is 24.6 Å². The summed E-state index contributed by atoms with van der Waals surface area (Å²) in [6.45, 7) is 6.12. The highest BCUT2D eigenvalue weighted by Gasteiger charge is 2.49. The fourth-order valence-corrected chi connectivity index (χ4v) is 4.35. The van der Waals surface area contributed by atoms with Crippen LogP contribution in [-0.2, 0) is 23.4 Å². The van der Waals surface area contributed by atoms with Crippen LogP contribution in [0, 0.1) is 5.92 Å². The molecule has 182 valence electrons. The van der Waals surface area contributed by atoms with Crippen molar-refractivity contribution in [1.29, 1.82) is 0 Å². The molecule has 1 saturated heterocycles. The van der Waals surface area contributed by atoms with E-state index in [1.807, 2.05) is 6.92 Å². The number of carbonyl (C=O) groups is 1. The molecule has 0 aliphatic carbocycles. The van der Waals surface area contributed by atoms with E-state index in [0.29, 0.717) is 17.0 Å². The molecule has 0 spiro atoms. The number of halogens is 1. The Morgan fingerprint density at radius 3 is 2.79 bits per heavy atom. The Bertz CT molecular complexity index is 1040. The maximum Gasteiger partial charge on any atom is 0.614 e. The van der Waals surface area contributed by atoms with Crippen LogP contribution in [0.5, 0.6) is 0 Å². The maximum absolute atomic E-state index is 15.4. The van der Waals surface area contributed by atoms with Gasteiger partial charge in [-0.05, 0) is 25.3 Å². The third kappa shape index (κ3) is 5.72. The number of hydrogen-bond acceptors (Lipinski definition) is 10. The molecule has 3 N–H and O–H groups in total. The lowest BCUT2D eigenvalue weighted by Crippen LogP contribution is -2.34. The first-order chi connectivity index (χ1) is 15.4. The van der Waals surface area contributed by atoms with Gasteiger partial charge in [-0.15, -0.1) is 4.52 Å². The molecule has 0 radical (unpaired) electrons. The van der Waals surface area contributed by atoms with Gasteiger partial charge in [-0.1, -0.05) is 12.0 Å². The van der Waals surface area contributed by atoms with E-state index in [0.717, 1.165) is 0 Å². The zero-order chi connectivity index (χ0) is 24.5. The van der Waals surface area contributed by atoms with Gasteiger partial charge in [-0.2, -0.15) is 9.97 Å². The number of rotatable bonds is 9. The molecule has 0 saturated carbocycles. The molecule has 5 atom stereocenters. The lowest BCUT2D eigenvalue weighted by Gasteiger charge is -2.20. The predicted octanol–water partition coefficient (Wildman–Crippen LogP) is 2.30. The normalized spacial score (nSPS) is 24.3. The Morgan fingerprint density at radius 2 is 2.15 bits per heavy atom. The van der Waals surface area contributed by atoms with Crippen molar-refractivity contribution in [3.05, 3.63) is 6.33 Å². The molecule has 12 nitrogen and oxygen atoms in total. The minimum absolute atomic E-state index is 0.00738. The molecule has 0 bridgehead atoms. The van der Waals surface area contributed by atoms with Crippen molar-refractivity contribution < 1.29 is 27.7 Å². The van der Waals surface area contributed by atoms with Crippen LogP contribution in [0.4, 0.5) is 16.2 Å². The first-order valence-electron chi connectivity index (χ1n) is 10.5. The first kappa shape index (κ1) is 25.2. The smallest absolute Gasteiger partial charge is 0.462 e. The fraction of sp³-hybridized carbons (Fsp3) is 0.684. The molecule has 14 heteroatoms. The van der Waals surface area contributed by atoms with Crippen LogP contribution >= 0.6 is 8.18 Å². The summed E-state index contributed by atoms with van der Waals surface area (Å²) >= 11 is 0. The largest absolute Gasteiger partial charge is 0.614 e. The molecular formula is C19H30FN7O5P+. The van der Waals surface area contributed by atoms with Gasteiger partial charge >= 0.3 is 14.1 Å². The zero-order valence-corrected chi connectivity index (χ0v) is 20.4. The highest BCUT2D eigenvalue weighted by atomic mass is 31.1. The fourth-order valence-electron chi connectivity index (χ4n) is 3.54. The first-order valence-corrected chi connectivity index (χ1v) is 11.7. The van der Waals surface area contributed by atoms with Crippen LogP contribution in [0.25, 0.3) is 11.2 Å². The third-order valence-electron chi connectivity index (χ3n) is 4.97. The standard InChI is InChI=1S/C19H30FN7O5P/c1-10(2)31-17(28)12(4)25-33(29)30-8-19(20)7-11(3)16(32-19)27-9-22-13-14(26(5)6)23-18(21)24-15(13)27/h9-12,16H,7-8H2,1-6H3,(H,25,29)(H2,21,23,24)/q+1/t11-,12+,16+,19-/m0/s1. The average molecular weight is 486 g/mol. The highest BCUT2D eigenvalue weighted by molar-refractivity contribution is 7.36. The van der Waals surface area contributed by atoms with E-state index in [1.54, 1.807) is 37.4 Å². The number of hydrogen-bond donors (Lipinski definition) is 2. The zero-order valence-electron chi connectivity index (χ0n) is 19.5. The predicted molar refractivity (Wildman–Crippen MR) is 119 cm³/mol. The lowest BCUT2D eigenvalue weighted by atomic mass is 10.1. The van der Waals surface area contributed by atoms with E-state index in [2.05, 4.69) is 20.0 Å². The average Bonchev–Trinajstić information content (AvgIpc) is 3.25. The summed E-state index contributed by atoms with van der Waals surface area (Å²) in [6, 6.07) is -0.879. The second kappa shape index (κ2) is 9.80. The number of ether oxygens (including phenoxy) is 2. The number of nitrogen functional groups attached to an aromatic ring is 1. The van der Waals surface area contributed by atoms with Gasteiger partial charge in [0.1, 0.15) is 12.3 Å². The van der Waals surface area contributed by atoms with Gasteiger partial charge in [-0.3, -0.25) is 9.36 Å². The third-order valence-corrected chi connectivity index (χ3v) is 5.93. The molecule has 1 unspecified atom stereocenters. The molecular weight excluding hydrogens is 456 g/mol. The maximum atomic E-state index is 15.4. The van der Waals surface area contributed by atoms with Crippen LogP contribution < -0.4 is 15.7 Å². The van der Waals surface area contributed by atoms with Crippen LogP contribution in [0.15, 0.2) is 6.33 Å². The minimum atomic E-state index is -2.53. The summed E-state index contributed by atoms with van der Waals surface area (Å²) in [6.07, 6.45) is 0.447. The number of esters is 1. The summed E-state index contributed by atoms with van der Waals surface area (Å²) in [5.74, 6) is -2.46. The van der Waals surface area contributed by atoms with E-state index in [9.17, 15) is 9.36 Å². The SMILES string of the molecule is CC(C)OC(=O)[C@@H](C)N[P+](=O)OC[C@]1(F)C[C@H](C)[C@H](n2cnc3c(N(C)C)nc(N)nc32)O1. The van der Waals surface area contributed by atoms with Crippen molar-refractivity contribution in [3.63, 3.8) is 0 Å². The second-order valence-corrected chi connectivity index (χ2v) is 9.59. The van der Waals surface area contributed by atoms with Crippen molar-refractivity contribution in [2.24, 2.45) is 5.92 Å². The van der Waals surface area contributed by atoms with E-state index < -0.39 is 38.9 Å². The van der Waals surface area contributed by atoms with Crippen LogP contribution in [0.1, 0.15) is 40.3 Å². The Morgan fingerprint density at radius 1 is 1.45 bits per heavy atom. The highest BCUT2D eigenvalue weighted by Crippen LogP contribution is 2.44. The Kier molecular flexibility index (Phi) is 7.47. The number of anilines is 2. The van der Waals surface area contributed by atoms with E-state index in [1.165, 1.54) is 13.3 Å². The van der Waals surface area contributed by atoms with Gasteiger partial charge in [0.05, 0.1) is 12.4 Å². The summed E-state index contributed by atoms with van der Waals surface area (Å²) in [5.41, 5.74) is 6.77. The number of nitrogens with two attached hydrogens (primary N) is 1. The van der Waals surface area contributed by atoms with Crippen LogP contribution in [0.2, 0.25) is 0 Å². The van der Waals surface area contributed by atoms with E-state index in [4.69, 9.17) is 19.7 Å². The van der Waals surface area contributed by atoms with E-state index in [-0.39, 0.29) is 24.4 Å². The van der Waals surface area contributed by atoms with Gasteiger partial charge < -0.3 is 20.1 Å². The number of nitrogens with one attached hydrogen (secondary N) is 1. The van der Waals surface area contributed by atoms with Crippen molar-refractivity contribution in [3.8, 4) is 0 Å². The monoisotopic (exact) mass is 486 g/mol. The Hall–Kier alpha value is -2.47. The topological polar surface area (TPSA) is 147 Å². The summed E-state index contributed by atoms with van der Waals surface area (Å²) < 4.78 is 45.1. The molecule has 1 fully saturated rings. The Labute approximate surface area is 191 Å². The summed E-state index contributed by atoms with van der Waals surface area (Å²) in [4.78, 5) is 26.4. The van der Waals surface area contributed by atoms with Gasteiger partial charge in [-0.25, -0.2) is 9.37 Å². The number of alkyl halides is 1. The van der Waals surface area contributed by atoms with Crippen molar-refractivity contribution in [2.75, 3.05) is 31.3 Å². The molecule has 0 amide bonds. The van der Waals surface area contributed by atoms with Crippen LogP contribution in [0.3, 0.4) is 0 Å². The number of aromatic nitrogens is 4. The van der Waals surface area contributed by atoms with Gasteiger partial charge in [0.15, 0.2) is 23.6 Å². The molecule has 3 rings (SSSR count). The summed E-state index contributed by atoms with van der Waals surface area (Å²) in [7, 11) is 1.08. The van der Waals surface area contributed by atoms with Crippen LogP contribution in [-0.4, -0.2) is 64.2 Å². The van der Waals surface area contributed by atoms with Gasteiger partial charge in [0, 0.05) is 26.4 Å². The van der Waals surface area contributed by atoms with Crippen molar-refractivity contribution in [2.45, 2.75) is 58.3 Å². The molecule has 3 heterocycles. The molecule has 2 aromatic rings. The summed E-state index contributed by atoms with van der Waals surface area (Å²) in [5, 5.41) is 2.46.